The highest BCUT2D eigenvalue weighted by Gasteiger charge is 2.29. The second-order valence-electron chi connectivity index (χ2n) is 9.62. The molecule has 1 aliphatic heterocycles. The summed E-state index contributed by atoms with van der Waals surface area (Å²) in [4.78, 5) is 17.3. The molecular weight excluding hydrogens is 431 g/mol. The number of rotatable bonds is 7. The highest BCUT2D eigenvalue weighted by molar-refractivity contribution is 5.74. The minimum Gasteiger partial charge on any atom is -0.489 e. The smallest absolute Gasteiger partial charge is 0.315 e. The third-order valence-corrected chi connectivity index (χ3v) is 6.77. The quantitative estimate of drug-likeness (QED) is 0.626. The zero-order valence-corrected chi connectivity index (χ0v) is 20.3. The number of amides is 2. The van der Waals surface area contributed by atoms with Crippen LogP contribution in [0.1, 0.15) is 45.1 Å². The topological polar surface area (TPSA) is 56.8 Å². The van der Waals surface area contributed by atoms with E-state index in [-0.39, 0.29) is 24.0 Å². The standard InChI is InChI=1S/C27H37FN4O2/c1-20(2)34-26-9-4-3-8-25(26)32-16-14-31(15-17-32)24-12-10-23(11-13-24)30-27(33)29-19-21-6-5-7-22(28)18-21/h3-9,18,20,23-24H,10-17,19H2,1-2H3,(H2,29,30,33)/t23-,24-. The Morgan fingerprint density at radius 1 is 1.03 bits per heavy atom. The lowest BCUT2D eigenvalue weighted by atomic mass is 9.90. The first-order chi connectivity index (χ1) is 16.5. The van der Waals surface area contributed by atoms with Crippen LogP contribution < -0.4 is 20.3 Å². The van der Waals surface area contributed by atoms with Gasteiger partial charge in [-0.1, -0.05) is 24.3 Å². The molecule has 1 saturated carbocycles. The van der Waals surface area contributed by atoms with Gasteiger partial charge >= 0.3 is 6.03 Å². The second kappa shape index (κ2) is 11.6. The largest absolute Gasteiger partial charge is 0.489 e. The van der Waals surface area contributed by atoms with E-state index in [0.717, 1.165) is 63.2 Å². The Morgan fingerprint density at radius 2 is 1.76 bits per heavy atom. The van der Waals surface area contributed by atoms with Crippen molar-refractivity contribution in [1.29, 1.82) is 0 Å². The van der Waals surface area contributed by atoms with Crippen LogP contribution in [0.15, 0.2) is 48.5 Å². The lowest BCUT2D eigenvalue weighted by Crippen LogP contribution is -2.52. The minimum absolute atomic E-state index is 0.162. The Hall–Kier alpha value is -2.80. The van der Waals surface area contributed by atoms with Gasteiger partial charge in [0.15, 0.2) is 0 Å². The van der Waals surface area contributed by atoms with E-state index < -0.39 is 0 Å². The van der Waals surface area contributed by atoms with Crippen LogP contribution in [0.3, 0.4) is 0 Å². The average Bonchev–Trinajstić information content (AvgIpc) is 2.84. The van der Waals surface area contributed by atoms with Gasteiger partial charge in [-0.2, -0.15) is 0 Å². The van der Waals surface area contributed by atoms with Crippen LogP contribution in [0.25, 0.3) is 0 Å². The Morgan fingerprint density at radius 3 is 2.47 bits per heavy atom. The molecule has 2 N–H and O–H groups in total. The molecule has 2 amide bonds. The van der Waals surface area contributed by atoms with E-state index in [1.807, 2.05) is 12.1 Å². The third kappa shape index (κ3) is 6.63. The zero-order chi connectivity index (χ0) is 23.9. The van der Waals surface area contributed by atoms with Crippen LogP contribution in [0.4, 0.5) is 14.9 Å². The molecule has 1 heterocycles. The van der Waals surface area contributed by atoms with E-state index >= 15 is 0 Å². The number of anilines is 1. The zero-order valence-electron chi connectivity index (χ0n) is 20.3. The van der Waals surface area contributed by atoms with Crippen molar-refractivity contribution >= 4 is 11.7 Å². The lowest BCUT2D eigenvalue weighted by Gasteiger charge is -2.43. The lowest BCUT2D eigenvalue weighted by molar-refractivity contribution is 0.136. The van der Waals surface area contributed by atoms with Gasteiger partial charge in [0.1, 0.15) is 11.6 Å². The number of carbonyl (C=O) groups is 1. The van der Waals surface area contributed by atoms with Crippen LogP contribution in [-0.4, -0.2) is 55.3 Å². The molecular formula is C27H37FN4O2. The number of piperazine rings is 1. The molecule has 2 aromatic rings. The molecule has 0 atom stereocenters. The number of benzene rings is 2. The summed E-state index contributed by atoms with van der Waals surface area (Å²) < 4.78 is 19.3. The van der Waals surface area contributed by atoms with Crippen molar-refractivity contribution in [3.63, 3.8) is 0 Å². The van der Waals surface area contributed by atoms with Crippen molar-refractivity contribution < 1.29 is 13.9 Å². The van der Waals surface area contributed by atoms with Gasteiger partial charge in [0.25, 0.3) is 0 Å². The first-order valence-corrected chi connectivity index (χ1v) is 12.5. The molecule has 2 aromatic carbocycles. The summed E-state index contributed by atoms with van der Waals surface area (Å²) in [5, 5.41) is 5.93. The first-order valence-electron chi connectivity index (χ1n) is 12.5. The second-order valence-corrected chi connectivity index (χ2v) is 9.62. The van der Waals surface area contributed by atoms with Crippen LogP contribution >= 0.6 is 0 Å². The number of nitrogens with zero attached hydrogens (tertiary/aromatic N) is 2. The average molecular weight is 469 g/mol. The van der Waals surface area contributed by atoms with Crippen molar-refractivity contribution in [2.75, 3.05) is 31.1 Å². The fourth-order valence-electron chi connectivity index (χ4n) is 5.05. The summed E-state index contributed by atoms with van der Waals surface area (Å²) in [7, 11) is 0. The number of halogens is 1. The maximum atomic E-state index is 13.3. The molecule has 34 heavy (non-hydrogen) atoms. The Balaban J connectivity index is 1.19. The molecule has 0 bridgehead atoms. The fraction of sp³-hybridized carbons (Fsp3) is 0.519. The highest BCUT2D eigenvalue weighted by Crippen LogP contribution is 2.31. The van der Waals surface area contributed by atoms with Gasteiger partial charge < -0.3 is 20.3 Å². The van der Waals surface area contributed by atoms with Crippen LogP contribution in [0, 0.1) is 5.82 Å². The first kappa shape index (κ1) is 24.3. The van der Waals surface area contributed by atoms with Crippen molar-refractivity contribution in [2.45, 2.75) is 64.3 Å². The number of ether oxygens (including phenoxy) is 1. The van der Waals surface area contributed by atoms with Crippen molar-refractivity contribution in [2.24, 2.45) is 0 Å². The molecule has 7 heteroatoms. The number of carbonyl (C=O) groups excluding carboxylic acids is 1. The molecule has 1 aliphatic carbocycles. The normalized spacial score (nSPS) is 21.4. The van der Waals surface area contributed by atoms with Crippen LogP contribution in [0.5, 0.6) is 5.75 Å². The van der Waals surface area contributed by atoms with Crippen LogP contribution in [0.2, 0.25) is 0 Å². The number of urea groups is 1. The van der Waals surface area contributed by atoms with Gasteiger partial charge in [0.05, 0.1) is 11.8 Å². The van der Waals surface area contributed by atoms with Crippen molar-refractivity contribution in [1.82, 2.24) is 15.5 Å². The predicted molar refractivity (Wildman–Crippen MR) is 134 cm³/mol. The number of hydrogen-bond donors (Lipinski definition) is 2. The van der Waals surface area contributed by atoms with E-state index in [0.29, 0.717) is 12.6 Å². The maximum absolute atomic E-state index is 13.3. The monoisotopic (exact) mass is 468 g/mol. The minimum atomic E-state index is -0.285. The van der Waals surface area contributed by atoms with Gasteiger partial charge in [-0.3, -0.25) is 4.90 Å². The van der Waals surface area contributed by atoms with Gasteiger partial charge in [-0.05, 0) is 69.4 Å². The van der Waals surface area contributed by atoms with Gasteiger partial charge in [-0.15, -0.1) is 0 Å². The van der Waals surface area contributed by atoms with E-state index in [1.54, 1.807) is 6.07 Å². The fourth-order valence-corrected chi connectivity index (χ4v) is 5.05. The summed E-state index contributed by atoms with van der Waals surface area (Å²) in [5.74, 6) is 0.681. The molecule has 184 valence electrons. The van der Waals surface area contributed by atoms with E-state index in [9.17, 15) is 9.18 Å². The Labute approximate surface area is 202 Å². The SMILES string of the molecule is CC(C)Oc1ccccc1N1CCN([C@H]2CC[C@H](NC(=O)NCc3cccc(F)c3)CC2)CC1. The molecule has 1 saturated heterocycles. The van der Waals surface area contributed by atoms with Crippen molar-refractivity contribution in [3.05, 3.63) is 59.9 Å². The Kier molecular flexibility index (Phi) is 8.27. The van der Waals surface area contributed by atoms with E-state index in [4.69, 9.17) is 4.74 Å². The summed E-state index contributed by atoms with van der Waals surface area (Å²) in [6.07, 6.45) is 4.34. The maximum Gasteiger partial charge on any atom is 0.315 e. The van der Waals surface area contributed by atoms with Gasteiger partial charge in [-0.25, -0.2) is 9.18 Å². The predicted octanol–water partition coefficient (Wildman–Crippen LogP) is 4.55. The molecule has 0 radical (unpaired) electrons. The molecule has 4 rings (SSSR count). The molecule has 2 aliphatic rings. The summed E-state index contributed by atoms with van der Waals surface area (Å²) in [6.45, 7) is 8.55. The molecule has 0 spiro atoms. The molecule has 0 unspecified atom stereocenters. The van der Waals surface area contributed by atoms with Gasteiger partial charge in [0, 0.05) is 44.8 Å². The summed E-state index contributed by atoms with van der Waals surface area (Å²) in [5.41, 5.74) is 1.95. The van der Waals surface area contributed by atoms with E-state index in [1.165, 1.54) is 17.8 Å². The van der Waals surface area contributed by atoms with Crippen molar-refractivity contribution in [3.8, 4) is 5.75 Å². The molecule has 6 nitrogen and oxygen atoms in total. The number of nitrogens with one attached hydrogen (secondary N) is 2. The van der Waals surface area contributed by atoms with Gasteiger partial charge in [0.2, 0.25) is 0 Å². The summed E-state index contributed by atoms with van der Waals surface area (Å²) >= 11 is 0. The van der Waals surface area contributed by atoms with E-state index in [2.05, 4.69) is 52.5 Å². The number of hydrogen-bond acceptors (Lipinski definition) is 4. The summed E-state index contributed by atoms with van der Waals surface area (Å²) in [6, 6.07) is 15.3. The van der Waals surface area contributed by atoms with Crippen LogP contribution in [-0.2, 0) is 6.54 Å². The number of para-hydroxylation sites is 2. The highest BCUT2D eigenvalue weighted by atomic mass is 19.1. The molecule has 0 aromatic heterocycles. The Bertz CT molecular complexity index is 938. The third-order valence-electron chi connectivity index (χ3n) is 6.77. The molecule has 2 fully saturated rings.